The van der Waals surface area contributed by atoms with E-state index in [1.54, 1.807) is 36.6 Å². The number of aromatic nitrogens is 6. The Balaban J connectivity index is 1.51. The Morgan fingerprint density at radius 2 is 1.45 bits per heavy atom. The minimum Gasteiger partial charge on any atom is -0.369 e. The Morgan fingerprint density at radius 1 is 0.842 bits per heavy atom. The van der Waals surface area contributed by atoms with Crippen LogP contribution in [0.15, 0.2) is 48.6 Å². The average molecular weight is 776 g/mol. The van der Waals surface area contributed by atoms with E-state index in [2.05, 4.69) is 104 Å². The van der Waals surface area contributed by atoms with E-state index < -0.39 is 0 Å². The van der Waals surface area contributed by atoms with Gasteiger partial charge in [-0.2, -0.15) is 0 Å². The smallest absolute Gasteiger partial charge is 0.268 e. The van der Waals surface area contributed by atoms with Gasteiger partial charge >= 0.3 is 0 Å². The van der Waals surface area contributed by atoms with Gasteiger partial charge in [-0.25, -0.2) is 9.97 Å². The van der Waals surface area contributed by atoms with Gasteiger partial charge in [0.15, 0.2) is 11.9 Å². The van der Waals surface area contributed by atoms with Crippen molar-refractivity contribution < 1.29 is 9.59 Å². The summed E-state index contributed by atoms with van der Waals surface area (Å²) >= 11 is 13.3. The van der Waals surface area contributed by atoms with Crippen molar-refractivity contribution in [3.8, 4) is 0 Å². The van der Waals surface area contributed by atoms with Crippen molar-refractivity contribution in [2.45, 2.75) is 0 Å². The highest BCUT2D eigenvalue weighted by Crippen LogP contribution is 2.26. The van der Waals surface area contributed by atoms with Gasteiger partial charge < -0.3 is 42.0 Å². The third-order valence-corrected chi connectivity index (χ3v) is 8.63. The molecule has 10 N–H and O–H groups in total. The molecule has 16 heteroatoms. The number of nitrogen functional groups attached to an aromatic ring is 2. The molecular weight excluding hydrogens is 756 g/mol. The second-order valence-corrected chi connectivity index (χ2v) is 11.0. The van der Waals surface area contributed by atoms with Gasteiger partial charge in [-0.3, -0.25) is 9.59 Å². The highest BCUT2D eigenvalue weighted by atomic mass is 79.9. The standard InChI is InChI=1S/C22H20Br4N10O2/c23-10-6-13(32-17(10)25)19(37)29-4-1-2-12-16(36-22(28)34-12)9(15-8-31-21(27)35-15)3-5-30-20(38)14-7-11(24)18(26)33-14/h1-3,6-8,32-33H,4-5H2,(H,29,37)(H,30,38)(H3,27,31,35)(H3,28,34,36)/b2-1+,9-3-. The first kappa shape index (κ1) is 27.9. The lowest BCUT2D eigenvalue weighted by atomic mass is 10.1. The summed E-state index contributed by atoms with van der Waals surface area (Å²) in [6.07, 6.45) is 6.84. The van der Waals surface area contributed by atoms with Crippen LogP contribution in [0.3, 0.4) is 0 Å². The first-order valence-corrected chi connectivity index (χ1v) is 14.0. The number of carbonyl (C=O) groups excluding carboxylic acids is 2. The van der Waals surface area contributed by atoms with Crippen molar-refractivity contribution in [3.63, 3.8) is 0 Å². The number of nitrogens with zero attached hydrogens (tertiary/aromatic N) is 2. The fourth-order valence-corrected chi connectivity index (χ4v) is 4.67. The molecule has 0 aromatic carbocycles. The maximum absolute atomic E-state index is 12.5. The lowest BCUT2D eigenvalue weighted by Gasteiger charge is -2.06. The average Bonchev–Trinajstić information content (AvgIpc) is 3.63. The van der Waals surface area contributed by atoms with Crippen LogP contribution >= 0.6 is 63.7 Å². The van der Waals surface area contributed by atoms with Crippen LogP contribution in [0.5, 0.6) is 0 Å². The molecule has 0 saturated heterocycles. The molecule has 0 spiro atoms. The van der Waals surface area contributed by atoms with Crippen LogP contribution < -0.4 is 22.1 Å². The number of hydrogen-bond donors (Lipinski definition) is 8. The largest absolute Gasteiger partial charge is 0.369 e. The fraction of sp³-hybridized carbons (Fsp3) is 0.0909. The Kier molecular flexibility index (Phi) is 8.96. The first-order chi connectivity index (χ1) is 18.1. The van der Waals surface area contributed by atoms with Gasteiger partial charge in [-0.05, 0) is 81.9 Å². The Labute approximate surface area is 249 Å². The molecule has 4 aromatic rings. The minimum absolute atomic E-state index is 0.175. The highest BCUT2D eigenvalue weighted by molar-refractivity contribution is 9.13. The molecule has 4 rings (SSSR count). The third kappa shape index (κ3) is 6.67. The molecule has 0 saturated carbocycles. The molecule has 0 radical (unpaired) electrons. The molecule has 0 aliphatic rings. The summed E-state index contributed by atoms with van der Waals surface area (Å²) < 4.78 is 2.83. The van der Waals surface area contributed by atoms with Crippen LogP contribution in [-0.2, 0) is 0 Å². The highest BCUT2D eigenvalue weighted by Gasteiger charge is 2.17. The number of carbonyl (C=O) groups is 2. The maximum atomic E-state index is 12.5. The maximum Gasteiger partial charge on any atom is 0.268 e. The van der Waals surface area contributed by atoms with Crippen molar-refractivity contribution in [1.29, 1.82) is 0 Å². The molecule has 0 fully saturated rings. The topological polar surface area (TPSA) is 199 Å². The molecule has 2 amide bonds. The first-order valence-electron chi connectivity index (χ1n) is 10.8. The summed E-state index contributed by atoms with van der Waals surface area (Å²) in [7, 11) is 0. The number of nitrogens with one attached hydrogen (secondary N) is 6. The molecule has 0 atom stereocenters. The summed E-state index contributed by atoms with van der Waals surface area (Å²) in [5, 5.41) is 5.63. The summed E-state index contributed by atoms with van der Waals surface area (Å²) in [4.78, 5) is 45.2. The summed E-state index contributed by atoms with van der Waals surface area (Å²) in [5.74, 6) is -0.152. The predicted molar refractivity (Wildman–Crippen MR) is 159 cm³/mol. The number of rotatable bonds is 9. The van der Waals surface area contributed by atoms with Gasteiger partial charge in [0.1, 0.15) is 11.4 Å². The molecule has 4 aromatic heterocycles. The summed E-state index contributed by atoms with van der Waals surface area (Å²) in [5.41, 5.74) is 14.9. The van der Waals surface area contributed by atoms with E-state index in [0.717, 1.165) is 8.95 Å². The molecule has 198 valence electrons. The van der Waals surface area contributed by atoms with E-state index in [-0.39, 0.29) is 36.8 Å². The van der Waals surface area contributed by atoms with E-state index in [1.165, 1.54) is 0 Å². The monoisotopic (exact) mass is 772 g/mol. The van der Waals surface area contributed by atoms with Gasteiger partial charge in [0.05, 0.1) is 41.4 Å². The fourth-order valence-electron chi connectivity index (χ4n) is 3.36. The zero-order valence-electron chi connectivity index (χ0n) is 19.3. The molecule has 0 aliphatic carbocycles. The van der Waals surface area contributed by atoms with E-state index in [4.69, 9.17) is 11.5 Å². The molecule has 0 unspecified atom stereocenters. The lowest BCUT2D eigenvalue weighted by molar-refractivity contribution is 0.0945. The second kappa shape index (κ2) is 12.2. The molecule has 4 heterocycles. The van der Waals surface area contributed by atoms with E-state index >= 15 is 0 Å². The van der Waals surface area contributed by atoms with Crippen molar-refractivity contribution in [3.05, 3.63) is 77.1 Å². The van der Waals surface area contributed by atoms with Gasteiger partial charge in [0, 0.05) is 18.7 Å². The van der Waals surface area contributed by atoms with Crippen LogP contribution in [0.25, 0.3) is 11.6 Å². The Bertz CT molecular complexity index is 1510. The van der Waals surface area contributed by atoms with E-state index in [9.17, 15) is 9.59 Å². The number of nitrogens with two attached hydrogens (primary N) is 2. The SMILES string of the molecule is Nc1ncc(/C(=C/CNC(=O)c2cc(Br)c(Br)[nH]2)c2nc(N)[nH]c2/C=C/CNC(=O)c2cc(Br)c(Br)[nH]2)[nH]1. The Hall–Kier alpha value is -3.08. The van der Waals surface area contributed by atoms with Crippen molar-refractivity contribution in [2.24, 2.45) is 0 Å². The normalized spacial score (nSPS) is 11.8. The van der Waals surface area contributed by atoms with E-state index in [1.807, 2.05) is 0 Å². The van der Waals surface area contributed by atoms with Crippen LogP contribution in [0.1, 0.15) is 38.1 Å². The zero-order chi connectivity index (χ0) is 27.4. The van der Waals surface area contributed by atoms with Gasteiger partial charge in [-0.15, -0.1) is 0 Å². The van der Waals surface area contributed by atoms with Gasteiger partial charge in [-0.1, -0.05) is 12.2 Å². The van der Waals surface area contributed by atoms with Crippen LogP contribution in [0.2, 0.25) is 0 Å². The number of H-pyrrole nitrogens is 4. The number of amides is 2. The summed E-state index contributed by atoms with van der Waals surface area (Å²) in [6, 6.07) is 3.35. The van der Waals surface area contributed by atoms with Crippen LogP contribution in [-0.4, -0.2) is 54.8 Å². The number of halogens is 4. The third-order valence-electron chi connectivity index (χ3n) is 5.06. The van der Waals surface area contributed by atoms with Crippen LogP contribution in [0.4, 0.5) is 11.9 Å². The number of aromatic amines is 4. The minimum atomic E-state index is -0.297. The molecule has 0 aliphatic heterocycles. The summed E-state index contributed by atoms with van der Waals surface area (Å²) in [6.45, 7) is 0.424. The molecule has 12 nitrogen and oxygen atoms in total. The second-order valence-electron chi connectivity index (χ2n) is 7.70. The van der Waals surface area contributed by atoms with Gasteiger partial charge in [0.2, 0.25) is 0 Å². The van der Waals surface area contributed by atoms with Crippen molar-refractivity contribution in [1.82, 2.24) is 40.5 Å². The van der Waals surface area contributed by atoms with Crippen molar-refractivity contribution in [2.75, 3.05) is 24.6 Å². The molecule has 38 heavy (non-hydrogen) atoms. The molecule has 0 bridgehead atoms. The van der Waals surface area contributed by atoms with Gasteiger partial charge in [0.25, 0.3) is 11.8 Å². The lowest BCUT2D eigenvalue weighted by Crippen LogP contribution is -2.24. The van der Waals surface area contributed by atoms with Crippen LogP contribution in [0, 0.1) is 0 Å². The predicted octanol–water partition coefficient (Wildman–Crippen LogP) is 4.31. The zero-order valence-corrected chi connectivity index (χ0v) is 25.6. The van der Waals surface area contributed by atoms with E-state index in [0.29, 0.717) is 43.2 Å². The Morgan fingerprint density at radius 3 is 1.97 bits per heavy atom. The quantitative estimate of drug-likeness (QED) is 0.125. The molecular formula is C22H20Br4N10O2. The number of hydrogen-bond acceptors (Lipinski definition) is 6. The number of anilines is 2. The van der Waals surface area contributed by atoms with Crippen molar-refractivity contribution >= 4 is 99.1 Å². The number of imidazole rings is 2.